The van der Waals surface area contributed by atoms with Gasteiger partial charge in [-0.05, 0) is 31.1 Å². The van der Waals surface area contributed by atoms with Crippen molar-refractivity contribution in [2.75, 3.05) is 20.6 Å². The number of nitrogens with zero attached hydrogens (tertiary/aromatic N) is 1. The Labute approximate surface area is 125 Å². The number of carbonyl (C=O) groups excluding carboxylic acids is 2. The molecule has 6 nitrogen and oxygen atoms in total. The second-order valence-corrected chi connectivity index (χ2v) is 5.74. The average molecular weight is 297 g/mol. The number of hydrogen-bond donors (Lipinski definition) is 1. The molecule has 0 aliphatic carbocycles. The molecule has 0 aliphatic heterocycles. The lowest BCUT2D eigenvalue weighted by Crippen LogP contribution is -2.64. The predicted octanol–water partition coefficient (Wildman–Crippen LogP) is 0.138. The number of ketones is 1. The van der Waals surface area contributed by atoms with E-state index < -0.39 is 17.5 Å². The van der Waals surface area contributed by atoms with Crippen molar-refractivity contribution in [3.63, 3.8) is 0 Å². The SMILES string of the molecule is C=C(C)C(=O)C[N+](C)(C)C(C=C(C)C(=O)[O-])(CC)C(=O)O. The third-order valence-corrected chi connectivity index (χ3v) is 3.78. The Hall–Kier alpha value is -1.95. The summed E-state index contributed by atoms with van der Waals surface area (Å²) in [6.45, 7) is 7.94. The van der Waals surface area contributed by atoms with Gasteiger partial charge in [0.05, 0.1) is 20.1 Å². The topological polar surface area (TPSA) is 94.5 Å². The van der Waals surface area contributed by atoms with E-state index in [0.717, 1.165) is 6.08 Å². The summed E-state index contributed by atoms with van der Waals surface area (Å²) in [7, 11) is 3.16. The zero-order valence-corrected chi connectivity index (χ0v) is 13.2. The molecule has 0 rings (SSSR count). The molecule has 0 aromatic carbocycles. The van der Waals surface area contributed by atoms with Crippen LogP contribution in [0.5, 0.6) is 0 Å². The lowest BCUT2D eigenvalue weighted by molar-refractivity contribution is -0.917. The van der Waals surface area contributed by atoms with E-state index in [2.05, 4.69) is 6.58 Å². The molecule has 0 fully saturated rings. The minimum absolute atomic E-state index is 0.0910. The fraction of sp³-hybridized carbons (Fsp3) is 0.533. The van der Waals surface area contributed by atoms with E-state index in [1.807, 2.05) is 0 Å². The molecular weight excluding hydrogens is 274 g/mol. The van der Waals surface area contributed by atoms with Gasteiger partial charge in [-0.3, -0.25) is 4.79 Å². The first kappa shape index (κ1) is 19.1. The first-order valence-electron chi connectivity index (χ1n) is 6.57. The summed E-state index contributed by atoms with van der Waals surface area (Å²) in [5.74, 6) is -2.89. The van der Waals surface area contributed by atoms with Gasteiger partial charge in [0.15, 0.2) is 0 Å². The quantitative estimate of drug-likeness (QED) is 0.508. The second-order valence-electron chi connectivity index (χ2n) is 5.74. The lowest BCUT2D eigenvalue weighted by atomic mass is 9.88. The maximum atomic E-state index is 11.9. The van der Waals surface area contributed by atoms with Crippen molar-refractivity contribution in [3.8, 4) is 0 Å². The summed E-state index contributed by atoms with van der Waals surface area (Å²) in [5.41, 5.74) is -1.37. The summed E-state index contributed by atoms with van der Waals surface area (Å²) in [4.78, 5) is 34.6. The van der Waals surface area contributed by atoms with E-state index in [0.29, 0.717) is 5.57 Å². The highest BCUT2D eigenvalue weighted by Gasteiger charge is 2.50. The predicted molar refractivity (Wildman–Crippen MR) is 76.2 cm³/mol. The van der Waals surface area contributed by atoms with Gasteiger partial charge >= 0.3 is 5.97 Å². The highest BCUT2D eigenvalue weighted by atomic mass is 16.4. The molecule has 0 aromatic rings. The largest absolute Gasteiger partial charge is 0.545 e. The van der Waals surface area contributed by atoms with Crippen LogP contribution in [0.2, 0.25) is 0 Å². The van der Waals surface area contributed by atoms with Gasteiger partial charge in [-0.25, -0.2) is 4.79 Å². The van der Waals surface area contributed by atoms with Crippen molar-refractivity contribution in [1.29, 1.82) is 0 Å². The average Bonchev–Trinajstić information content (AvgIpc) is 2.33. The number of carboxylic acid groups (broad SMARTS) is 2. The molecule has 21 heavy (non-hydrogen) atoms. The Balaban J connectivity index is 5.97. The number of rotatable bonds is 8. The van der Waals surface area contributed by atoms with Gasteiger partial charge < -0.3 is 19.5 Å². The molecule has 1 atom stereocenters. The Morgan fingerprint density at radius 1 is 1.29 bits per heavy atom. The van der Waals surface area contributed by atoms with Crippen LogP contribution in [0.25, 0.3) is 0 Å². The highest BCUT2D eigenvalue weighted by Crippen LogP contribution is 2.29. The number of aliphatic carboxylic acids is 2. The number of carboxylic acids is 2. The molecule has 118 valence electrons. The van der Waals surface area contributed by atoms with Crippen molar-refractivity contribution in [1.82, 2.24) is 0 Å². The standard InChI is InChI=1S/C15H23NO5/c1-7-15(14(20)21,8-11(4)13(18)19)16(5,6)9-12(17)10(2)3/h8H,2,7,9H2,1,3-6H3,(H-,18,19,20,21). The van der Waals surface area contributed by atoms with Crippen LogP contribution in [-0.4, -0.2) is 53.5 Å². The molecule has 0 saturated carbocycles. The van der Waals surface area contributed by atoms with Crippen LogP contribution < -0.4 is 5.11 Å². The Bertz CT molecular complexity index is 504. The van der Waals surface area contributed by atoms with Crippen LogP contribution in [0, 0.1) is 0 Å². The molecule has 0 radical (unpaired) electrons. The Morgan fingerprint density at radius 2 is 1.76 bits per heavy atom. The molecule has 1 N–H and O–H groups in total. The van der Waals surface area contributed by atoms with Gasteiger partial charge in [-0.1, -0.05) is 13.5 Å². The van der Waals surface area contributed by atoms with E-state index in [-0.39, 0.29) is 28.8 Å². The zero-order valence-electron chi connectivity index (χ0n) is 13.2. The molecule has 6 heteroatoms. The minimum Gasteiger partial charge on any atom is -0.545 e. The van der Waals surface area contributed by atoms with Gasteiger partial charge in [0, 0.05) is 6.42 Å². The molecular formula is C15H23NO5. The third-order valence-electron chi connectivity index (χ3n) is 3.78. The normalized spacial score (nSPS) is 15.2. The van der Waals surface area contributed by atoms with E-state index in [9.17, 15) is 24.6 Å². The molecule has 0 bridgehead atoms. The van der Waals surface area contributed by atoms with Crippen molar-refractivity contribution >= 4 is 17.7 Å². The fourth-order valence-corrected chi connectivity index (χ4v) is 2.23. The van der Waals surface area contributed by atoms with Crippen LogP contribution >= 0.6 is 0 Å². The monoisotopic (exact) mass is 297 g/mol. The van der Waals surface area contributed by atoms with Gasteiger partial charge in [-0.2, -0.15) is 0 Å². The molecule has 0 spiro atoms. The number of carbonyl (C=O) groups is 3. The van der Waals surface area contributed by atoms with Crippen molar-refractivity contribution in [2.45, 2.75) is 32.7 Å². The van der Waals surface area contributed by atoms with Gasteiger partial charge in [0.2, 0.25) is 11.3 Å². The number of hydrogen-bond acceptors (Lipinski definition) is 4. The van der Waals surface area contributed by atoms with E-state index in [1.54, 1.807) is 27.9 Å². The minimum atomic E-state index is -1.53. The summed E-state index contributed by atoms with van der Waals surface area (Å²) in [5, 5.41) is 20.5. The maximum Gasteiger partial charge on any atom is 0.370 e. The number of likely N-dealkylation sites (N-methyl/N-ethyl adjacent to an activating group) is 1. The van der Waals surface area contributed by atoms with Gasteiger partial charge in [0.1, 0.15) is 6.54 Å². The summed E-state index contributed by atoms with van der Waals surface area (Å²) >= 11 is 0. The Kier molecular flexibility index (Phi) is 6.05. The summed E-state index contributed by atoms with van der Waals surface area (Å²) in [6.07, 6.45) is 1.29. The van der Waals surface area contributed by atoms with E-state index >= 15 is 0 Å². The van der Waals surface area contributed by atoms with Gasteiger partial charge in [-0.15, -0.1) is 0 Å². The molecule has 0 heterocycles. The van der Waals surface area contributed by atoms with Crippen LogP contribution in [0.4, 0.5) is 0 Å². The maximum absolute atomic E-state index is 11.9. The smallest absolute Gasteiger partial charge is 0.370 e. The fourth-order valence-electron chi connectivity index (χ4n) is 2.23. The Morgan fingerprint density at radius 3 is 2.05 bits per heavy atom. The second kappa shape index (κ2) is 6.67. The summed E-state index contributed by atoms with van der Waals surface area (Å²) in [6, 6.07) is 0. The van der Waals surface area contributed by atoms with Crippen LogP contribution in [0.1, 0.15) is 27.2 Å². The molecule has 0 aromatic heterocycles. The molecule has 0 saturated heterocycles. The zero-order chi connectivity index (χ0) is 17.0. The van der Waals surface area contributed by atoms with Crippen LogP contribution in [-0.2, 0) is 14.4 Å². The lowest BCUT2D eigenvalue weighted by Gasteiger charge is -2.43. The first-order valence-corrected chi connectivity index (χ1v) is 6.57. The van der Waals surface area contributed by atoms with Crippen LogP contribution in [0.15, 0.2) is 23.8 Å². The molecule has 0 amide bonds. The number of quaternary nitrogens is 1. The van der Waals surface area contributed by atoms with Gasteiger partial charge in [0.25, 0.3) is 0 Å². The highest BCUT2D eigenvalue weighted by molar-refractivity contribution is 5.95. The van der Waals surface area contributed by atoms with Crippen molar-refractivity contribution in [2.24, 2.45) is 0 Å². The van der Waals surface area contributed by atoms with Crippen LogP contribution in [0.3, 0.4) is 0 Å². The van der Waals surface area contributed by atoms with E-state index in [4.69, 9.17) is 0 Å². The number of Topliss-reactive ketones (excluding diaryl/α,β-unsaturated/α-hetero) is 1. The first-order chi connectivity index (χ1) is 9.41. The van der Waals surface area contributed by atoms with E-state index in [1.165, 1.54) is 6.92 Å². The van der Waals surface area contributed by atoms with Crippen molar-refractivity contribution in [3.05, 3.63) is 23.8 Å². The summed E-state index contributed by atoms with van der Waals surface area (Å²) < 4.78 is -0.213. The molecule has 1 unspecified atom stereocenters. The third kappa shape index (κ3) is 4.01. The molecule has 0 aliphatic rings. The van der Waals surface area contributed by atoms with Crippen molar-refractivity contribution < 1.29 is 29.1 Å².